The van der Waals surface area contributed by atoms with E-state index in [1.807, 2.05) is 0 Å². The summed E-state index contributed by atoms with van der Waals surface area (Å²) in [5.41, 5.74) is 5.87. The normalized spacial score (nSPS) is 14.9. The van der Waals surface area contributed by atoms with Gasteiger partial charge in [-0.1, -0.05) is 17.3 Å². The van der Waals surface area contributed by atoms with Crippen molar-refractivity contribution < 1.29 is 24.0 Å². The molecule has 4 aromatic rings. The third-order valence-electron chi connectivity index (χ3n) is 5.71. The molecule has 0 atom stereocenters. The van der Waals surface area contributed by atoms with E-state index < -0.39 is 17.5 Å². The van der Waals surface area contributed by atoms with Gasteiger partial charge < -0.3 is 20.7 Å². The number of para-hydroxylation sites is 1. The van der Waals surface area contributed by atoms with Crippen LogP contribution in [0.4, 0.5) is 15.1 Å². The number of pyridine rings is 1. The van der Waals surface area contributed by atoms with Gasteiger partial charge in [-0.3, -0.25) is 0 Å². The van der Waals surface area contributed by atoms with Gasteiger partial charge in [0, 0.05) is 17.5 Å². The Bertz CT molecular complexity index is 1370. The van der Waals surface area contributed by atoms with Crippen LogP contribution in [0.15, 0.2) is 42.6 Å². The number of aliphatic hydroxyl groups is 1. The van der Waals surface area contributed by atoms with Gasteiger partial charge in [-0.2, -0.15) is 0 Å². The molecule has 162 valence electrons. The van der Waals surface area contributed by atoms with E-state index in [1.54, 1.807) is 30.5 Å². The predicted molar refractivity (Wildman–Crippen MR) is 107 cm³/mol. The SMILES string of the molecule is Nc1nc(-c2cn(Cc3cccc(C4(O)CCC4)[n+]3C(=O)[O-])nn2)c2cccc(F)c2n1. The lowest BCUT2D eigenvalue weighted by atomic mass is 9.77. The summed E-state index contributed by atoms with van der Waals surface area (Å²) in [6, 6.07) is 9.33. The minimum absolute atomic E-state index is 0.0394. The fraction of sp³-hybridized carbons (Fsp3) is 0.238. The zero-order valence-corrected chi connectivity index (χ0v) is 16.8. The molecule has 32 heavy (non-hydrogen) atoms. The van der Waals surface area contributed by atoms with Crippen LogP contribution in [-0.4, -0.2) is 36.2 Å². The number of nitrogens with zero attached hydrogens (tertiary/aromatic N) is 6. The molecule has 0 saturated heterocycles. The molecule has 3 aromatic heterocycles. The van der Waals surface area contributed by atoms with Crippen molar-refractivity contribution in [3.8, 4) is 11.4 Å². The lowest BCUT2D eigenvalue weighted by Gasteiger charge is -2.34. The van der Waals surface area contributed by atoms with Crippen molar-refractivity contribution >= 4 is 22.9 Å². The Labute approximate surface area is 180 Å². The van der Waals surface area contributed by atoms with Crippen molar-refractivity contribution in [3.63, 3.8) is 0 Å². The second-order valence-electron chi connectivity index (χ2n) is 7.76. The van der Waals surface area contributed by atoms with Gasteiger partial charge in [0.2, 0.25) is 17.3 Å². The van der Waals surface area contributed by atoms with E-state index in [0.29, 0.717) is 35.3 Å². The van der Waals surface area contributed by atoms with Crippen molar-refractivity contribution in [2.24, 2.45) is 0 Å². The molecule has 0 unspecified atom stereocenters. The largest absolute Gasteiger partial charge is 0.490 e. The number of fused-ring (bicyclic) bond motifs is 1. The monoisotopic (exact) mass is 435 g/mol. The van der Waals surface area contributed by atoms with Gasteiger partial charge in [0.25, 0.3) is 0 Å². The number of halogens is 1. The number of rotatable bonds is 4. The quantitative estimate of drug-likeness (QED) is 0.441. The maximum absolute atomic E-state index is 14.2. The molecule has 1 saturated carbocycles. The summed E-state index contributed by atoms with van der Waals surface area (Å²) in [5.74, 6) is -0.644. The molecular weight excluding hydrogens is 417 g/mol. The molecule has 3 heterocycles. The first-order valence-electron chi connectivity index (χ1n) is 9.96. The van der Waals surface area contributed by atoms with Gasteiger partial charge in [-0.15, -0.1) is 9.67 Å². The van der Waals surface area contributed by atoms with E-state index >= 15 is 0 Å². The highest BCUT2D eigenvalue weighted by atomic mass is 19.1. The second kappa shape index (κ2) is 7.31. The fourth-order valence-electron chi connectivity index (χ4n) is 4.00. The topological polar surface area (TPSA) is 147 Å². The Kier molecular flexibility index (Phi) is 4.55. The molecule has 0 spiro atoms. The van der Waals surface area contributed by atoms with Crippen LogP contribution < -0.4 is 15.4 Å². The number of hydrogen-bond donors (Lipinski definition) is 2. The van der Waals surface area contributed by atoms with Crippen molar-refractivity contribution in [2.45, 2.75) is 31.4 Å². The maximum Gasteiger partial charge on any atom is 0.343 e. The third-order valence-corrected chi connectivity index (χ3v) is 5.71. The summed E-state index contributed by atoms with van der Waals surface area (Å²) in [4.78, 5) is 20.0. The van der Waals surface area contributed by atoms with Gasteiger partial charge in [-0.25, -0.2) is 19.0 Å². The van der Waals surface area contributed by atoms with E-state index in [0.717, 1.165) is 11.0 Å². The average molecular weight is 435 g/mol. The second-order valence-corrected chi connectivity index (χ2v) is 7.76. The van der Waals surface area contributed by atoms with Crippen molar-refractivity contribution in [3.05, 3.63) is 59.8 Å². The number of carbonyl (C=O) groups is 1. The van der Waals surface area contributed by atoms with Crippen LogP contribution in [-0.2, 0) is 12.1 Å². The fourth-order valence-corrected chi connectivity index (χ4v) is 4.00. The highest BCUT2D eigenvalue weighted by molar-refractivity contribution is 5.92. The minimum atomic E-state index is -1.44. The summed E-state index contributed by atoms with van der Waals surface area (Å²) in [7, 11) is 0. The summed E-state index contributed by atoms with van der Waals surface area (Å²) in [5, 5.41) is 31.2. The molecule has 1 aliphatic rings. The van der Waals surface area contributed by atoms with E-state index in [4.69, 9.17) is 5.73 Å². The van der Waals surface area contributed by atoms with E-state index in [1.165, 1.54) is 16.8 Å². The summed E-state index contributed by atoms with van der Waals surface area (Å²) in [6.45, 7) is 0.0394. The first-order chi connectivity index (χ1) is 15.4. The van der Waals surface area contributed by atoms with Crippen molar-refractivity contribution in [1.82, 2.24) is 25.0 Å². The Balaban J connectivity index is 1.54. The van der Waals surface area contributed by atoms with Gasteiger partial charge in [-0.05, 0) is 31.4 Å². The Morgan fingerprint density at radius 2 is 2.03 bits per heavy atom. The molecule has 3 N–H and O–H groups in total. The van der Waals surface area contributed by atoms with Gasteiger partial charge >= 0.3 is 6.09 Å². The number of nitrogen functional groups attached to an aromatic ring is 1. The molecule has 0 bridgehead atoms. The van der Waals surface area contributed by atoms with Crippen LogP contribution >= 0.6 is 0 Å². The molecule has 5 rings (SSSR count). The van der Waals surface area contributed by atoms with Gasteiger partial charge in [0.05, 0.1) is 6.20 Å². The van der Waals surface area contributed by atoms with Gasteiger partial charge in [0.1, 0.15) is 34.9 Å². The van der Waals surface area contributed by atoms with Crippen molar-refractivity contribution in [2.75, 3.05) is 5.73 Å². The molecule has 1 fully saturated rings. The lowest BCUT2D eigenvalue weighted by Crippen LogP contribution is -2.61. The number of benzene rings is 1. The number of anilines is 1. The summed E-state index contributed by atoms with van der Waals surface area (Å²) in [6.07, 6.45) is 1.89. The van der Waals surface area contributed by atoms with E-state index in [-0.39, 0.29) is 23.7 Å². The summed E-state index contributed by atoms with van der Waals surface area (Å²) < 4.78 is 16.6. The maximum atomic E-state index is 14.2. The first-order valence-corrected chi connectivity index (χ1v) is 9.96. The van der Waals surface area contributed by atoms with Crippen LogP contribution in [0.3, 0.4) is 0 Å². The smallest absolute Gasteiger partial charge is 0.343 e. The number of hydrogen-bond acceptors (Lipinski definition) is 8. The lowest BCUT2D eigenvalue weighted by molar-refractivity contribution is -0.653. The van der Waals surface area contributed by atoms with Crippen LogP contribution in [0.1, 0.15) is 30.7 Å². The molecule has 0 radical (unpaired) electrons. The molecule has 0 amide bonds. The minimum Gasteiger partial charge on any atom is -0.490 e. The Morgan fingerprint density at radius 3 is 2.75 bits per heavy atom. The van der Waals surface area contributed by atoms with E-state index in [9.17, 15) is 19.4 Å². The molecule has 0 aliphatic heterocycles. The average Bonchev–Trinajstić information content (AvgIpc) is 3.20. The van der Waals surface area contributed by atoms with Crippen LogP contribution in [0.2, 0.25) is 0 Å². The highest BCUT2D eigenvalue weighted by Crippen LogP contribution is 2.39. The van der Waals surface area contributed by atoms with Crippen molar-refractivity contribution in [1.29, 1.82) is 0 Å². The highest BCUT2D eigenvalue weighted by Gasteiger charge is 2.44. The predicted octanol–water partition coefficient (Wildman–Crippen LogP) is 0.508. The number of carboxylic acid groups (broad SMARTS) is 1. The number of nitrogens with two attached hydrogens (primary N) is 1. The molecular formula is C21H18FN7O3. The standard InChI is InChI=1S/C21H18FN7O3/c22-14-6-2-5-13-17(14)24-19(23)25-18(13)15-11-28(27-26-15)10-12-4-1-7-16(29(12)20(30)31)21(32)8-3-9-21/h1-2,4-7,11,32H,3,8-10H2,(H2-,23,24,25,30,31). The Hall–Kier alpha value is -3.99. The number of carbonyl (C=O) groups excluding carboxylic acids is 1. The molecule has 11 heteroatoms. The first kappa shape index (κ1) is 19.9. The molecule has 1 aliphatic carbocycles. The van der Waals surface area contributed by atoms with Crippen LogP contribution in [0.5, 0.6) is 0 Å². The van der Waals surface area contributed by atoms with E-state index in [2.05, 4.69) is 20.3 Å². The Morgan fingerprint density at radius 1 is 1.25 bits per heavy atom. The third kappa shape index (κ3) is 3.23. The molecule has 1 aromatic carbocycles. The van der Waals surface area contributed by atoms with Gasteiger partial charge in [0.15, 0.2) is 0 Å². The van der Waals surface area contributed by atoms with Crippen LogP contribution in [0.25, 0.3) is 22.3 Å². The van der Waals surface area contributed by atoms with Crippen LogP contribution in [0, 0.1) is 5.82 Å². The zero-order chi connectivity index (χ0) is 22.5. The number of aromatic nitrogens is 6. The summed E-state index contributed by atoms with van der Waals surface area (Å²) >= 11 is 0. The zero-order valence-electron chi connectivity index (χ0n) is 16.8. The molecule has 10 nitrogen and oxygen atoms in total.